The highest BCUT2D eigenvalue weighted by atomic mass is 16.5. The minimum Gasteiger partial charge on any atom is -0.493 e. The lowest BCUT2D eigenvalue weighted by atomic mass is 9.89. The molecule has 3 nitrogen and oxygen atoms in total. The van der Waals surface area contributed by atoms with E-state index in [1.165, 1.54) is 24.0 Å². The SMILES string of the molecule is NC[C@@H]1CN(Cc2ccccc2OCC2CC2)C[C@H]1c1ccccc1. The Kier molecular flexibility index (Phi) is 5.04. The van der Waals surface area contributed by atoms with Crippen LogP contribution in [-0.4, -0.2) is 31.1 Å². The minimum atomic E-state index is 0.530. The standard InChI is InChI=1S/C22H28N2O/c23-12-20-14-24(15-21(20)18-6-2-1-3-7-18)13-19-8-4-5-9-22(19)25-16-17-10-11-17/h1-9,17,20-21H,10-16,23H2/t20-,21+/m1/s1. The van der Waals surface area contributed by atoms with Gasteiger partial charge in [0.25, 0.3) is 0 Å². The van der Waals surface area contributed by atoms with Gasteiger partial charge in [0.1, 0.15) is 5.75 Å². The van der Waals surface area contributed by atoms with Gasteiger partial charge in [0.05, 0.1) is 6.61 Å². The molecule has 1 saturated heterocycles. The molecule has 0 bridgehead atoms. The molecule has 1 aliphatic carbocycles. The van der Waals surface area contributed by atoms with Crippen molar-refractivity contribution in [1.82, 2.24) is 4.90 Å². The zero-order valence-corrected chi connectivity index (χ0v) is 14.8. The van der Waals surface area contributed by atoms with Crippen LogP contribution in [0.1, 0.15) is 29.9 Å². The summed E-state index contributed by atoms with van der Waals surface area (Å²) in [5.41, 5.74) is 8.80. The Balaban J connectivity index is 1.44. The molecule has 1 saturated carbocycles. The van der Waals surface area contributed by atoms with Crippen molar-refractivity contribution in [2.75, 3.05) is 26.2 Å². The van der Waals surface area contributed by atoms with Crippen LogP contribution in [0.3, 0.4) is 0 Å². The maximum atomic E-state index is 6.08. The molecule has 2 fully saturated rings. The second-order valence-electron chi connectivity index (χ2n) is 7.57. The summed E-state index contributed by atoms with van der Waals surface area (Å²) in [6, 6.07) is 19.3. The van der Waals surface area contributed by atoms with Crippen LogP contribution < -0.4 is 10.5 Å². The van der Waals surface area contributed by atoms with Gasteiger partial charge in [0, 0.05) is 31.1 Å². The maximum absolute atomic E-state index is 6.08. The topological polar surface area (TPSA) is 38.5 Å². The second kappa shape index (κ2) is 7.59. The smallest absolute Gasteiger partial charge is 0.123 e. The van der Waals surface area contributed by atoms with E-state index in [0.29, 0.717) is 11.8 Å². The summed E-state index contributed by atoms with van der Waals surface area (Å²) >= 11 is 0. The van der Waals surface area contributed by atoms with Gasteiger partial charge in [-0.3, -0.25) is 4.90 Å². The van der Waals surface area contributed by atoms with Gasteiger partial charge in [0.2, 0.25) is 0 Å². The van der Waals surface area contributed by atoms with Gasteiger partial charge >= 0.3 is 0 Å². The van der Waals surface area contributed by atoms with Crippen molar-refractivity contribution in [2.45, 2.75) is 25.3 Å². The third kappa shape index (κ3) is 4.05. The monoisotopic (exact) mass is 336 g/mol. The van der Waals surface area contributed by atoms with E-state index >= 15 is 0 Å². The minimum absolute atomic E-state index is 0.530. The van der Waals surface area contributed by atoms with Gasteiger partial charge in [-0.2, -0.15) is 0 Å². The Morgan fingerprint density at radius 3 is 2.48 bits per heavy atom. The van der Waals surface area contributed by atoms with Crippen molar-refractivity contribution in [2.24, 2.45) is 17.6 Å². The molecule has 2 aliphatic rings. The molecule has 132 valence electrons. The lowest BCUT2D eigenvalue weighted by Gasteiger charge is -2.18. The van der Waals surface area contributed by atoms with Crippen molar-refractivity contribution in [3.8, 4) is 5.75 Å². The average Bonchev–Trinajstić information content (AvgIpc) is 3.40. The molecule has 0 radical (unpaired) electrons. The van der Waals surface area contributed by atoms with Crippen molar-refractivity contribution >= 4 is 0 Å². The Hall–Kier alpha value is -1.84. The molecule has 25 heavy (non-hydrogen) atoms. The predicted octanol–water partition coefficient (Wildman–Crippen LogP) is 3.65. The average molecular weight is 336 g/mol. The molecule has 2 N–H and O–H groups in total. The highest BCUT2D eigenvalue weighted by Gasteiger charge is 2.33. The van der Waals surface area contributed by atoms with E-state index in [9.17, 15) is 0 Å². The van der Waals surface area contributed by atoms with Gasteiger partial charge in [-0.25, -0.2) is 0 Å². The zero-order valence-electron chi connectivity index (χ0n) is 14.8. The quantitative estimate of drug-likeness (QED) is 0.839. The largest absolute Gasteiger partial charge is 0.493 e. The molecule has 0 aromatic heterocycles. The first-order chi connectivity index (χ1) is 12.3. The molecule has 2 atom stereocenters. The molecular weight excluding hydrogens is 308 g/mol. The third-order valence-electron chi connectivity index (χ3n) is 5.59. The van der Waals surface area contributed by atoms with Crippen LogP contribution in [0.4, 0.5) is 0 Å². The molecule has 2 aromatic carbocycles. The number of para-hydroxylation sites is 1. The van der Waals surface area contributed by atoms with Gasteiger partial charge < -0.3 is 10.5 Å². The van der Waals surface area contributed by atoms with Gasteiger partial charge in [0.15, 0.2) is 0 Å². The van der Waals surface area contributed by atoms with E-state index in [-0.39, 0.29) is 0 Å². The number of likely N-dealkylation sites (tertiary alicyclic amines) is 1. The molecule has 0 amide bonds. The number of nitrogens with zero attached hydrogens (tertiary/aromatic N) is 1. The summed E-state index contributed by atoms with van der Waals surface area (Å²) in [6.45, 7) is 4.70. The predicted molar refractivity (Wildman–Crippen MR) is 102 cm³/mol. The number of ether oxygens (including phenoxy) is 1. The number of benzene rings is 2. The summed E-state index contributed by atoms with van der Waals surface area (Å²) in [6.07, 6.45) is 2.65. The fourth-order valence-corrected chi connectivity index (χ4v) is 3.91. The van der Waals surface area contributed by atoms with Crippen molar-refractivity contribution in [3.05, 3.63) is 65.7 Å². The number of nitrogens with two attached hydrogens (primary N) is 1. The van der Waals surface area contributed by atoms with Crippen LogP contribution in [0.2, 0.25) is 0 Å². The number of hydrogen-bond acceptors (Lipinski definition) is 3. The maximum Gasteiger partial charge on any atom is 0.123 e. The fraction of sp³-hybridized carbons (Fsp3) is 0.455. The summed E-state index contributed by atoms with van der Waals surface area (Å²) < 4.78 is 6.08. The van der Waals surface area contributed by atoms with Crippen LogP contribution >= 0.6 is 0 Å². The number of rotatable bonds is 7. The second-order valence-corrected chi connectivity index (χ2v) is 7.57. The van der Waals surface area contributed by atoms with E-state index in [0.717, 1.165) is 44.5 Å². The Labute approximate surface area is 150 Å². The summed E-state index contributed by atoms with van der Waals surface area (Å²) in [5, 5.41) is 0. The lowest BCUT2D eigenvalue weighted by molar-refractivity contribution is 0.279. The molecule has 1 heterocycles. The highest BCUT2D eigenvalue weighted by Crippen LogP contribution is 2.34. The first-order valence-corrected chi connectivity index (χ1v) is 9.51. The van der Waals surface area contributed by atoms with Crippen LogP contribution in [0.25, 0.3) is 0 Å². The Morgan fingerprint density at radius 2 is 1.72 bits per heavy atom. The van der Waals surface area contributed by atoms with Crippen molar-refractivity contribution in [3.63, 3.8) is 0 Å². The van der Waals surface area contributed by atoms with Crippen molar-refractivity contribution < 1.29 is 4.74 Å². The van der Waals surface area contributed by atoms with Crippen LogP contribution in [0, 0.1) is 11.8 Å². The first-order valence-electron chi connectivity index (χ1n) is 9.51. The third-order valence-corrected chi connectivity index (χ3v) is 5.59. The van der Waals surface area contributed by atoms with E-state index in [4.69, 9.17) is 10.5 Å². The summed E-state index contributed by atoms with van der Waals surface area (Å²) in [5.74, 6) is 2.90. The lowest BCUT2D eigenvalue weighted by Crippen LogP contribution is -2.23. The number of hydrogen-bond donors (Lipinski definition) is 1. The van der Waals surface area contributed by atoms with Gasteiger partial charge in [-0.1, -0.05) is 48.5 Å². The Morgan fingerprint density at radius 1 is 0.960 bits per heavy atom. The molecule has 0 unspecified atom stereocenters. The highest BCUT2D eigenvalue weighted by molar-refractivity contribution is 5.33. The van der Waals surface area contributed by atoms with Crippen LogP contribution in [0.5, 0.6) is 5.75 Å². The molecule has 0 spiro atoms. The first kappa shape index (κ1) is 16.6. The molecule has 2 aromatic rings. The summed E-state index contributed by atoms with van der Waals surface area (Å²) in [7, 11) is 0. The van der Waals surface area contributed by atoms with E-state index < -0.39 is 0 Å². The molecular formula is C22H28N2O. The van der Waals surface area contributed by atoms with E-state index in [1.807, 2.05) is 0 Å². The van der Waals surface area contributed by atoms with Crippen LogP contribution in [-0.2, 0) is 6.54 Å². The van der Waals surface area contributed by atoms with Crippen molar-refractivity contribution in [1.29, 1.82) is 0 Å². The van der Waals surface area contributed by atoms with Crippen LogP contribution in [0.15, 0.2) is 54.6 Å². The molecule has 3 heteroatoms. The zero-order chi connectivity index (χ0) is 17.1. The summed E-state index contributed by atoms with van der Waals surface area (Å²) in [4.78, 5) is 2.54. The van der Waals surface area contributed by atoms with E-state index in [2.05, 4.69) is 59.5 Å². The fourth-order valence-electron chi connectivity index (χ4n) is 3.91. The molecule has 1 aliphatic heterocycles. The van der Waals surface area contributed by atoms with E-state index in [1.54, 1.807) is 0 Å². The Bertz CT molecular complexity index is 683. The van der Waals surface area contributed by atoms with Gasteiger partial charge in [-0.15, -0.1) is 0 Å². The van der Waals surface area contributed by atoms with Gasteiger partial charge in [-0.05, 0) is 42.9 Å². The molecule has 4 rings (SSSR count). The normalized spacial score (nSPS) is 23.7.